The zero-order valence-corrected chi connectivity index (χ0v) is 12.1. The van der Waals surface area contributed by atoms with Crippen LogP contribution >= 0.6 is 11.3 Å². The predicted octanol–water partition coefficient (Wildman–Crippen LogP) is 3.29. The van der Waals surface area contributed by atoms with E-state index >= 15 is 0 Å². The van der Waals surface area contributed by atoms with Gasteiger partial charge in [0.25, 0.3) is 0 Å². The summed E-state index contributed by atoms with van der Waals surface area (Å²) >= 11 is 1.52. The van der Waals surface area contributed by atoms with Crippen molar-refractivity contribution in [3.8, 4) is 27.9 Å². The molecule has 102 valence electrons. The number of nitriles is 1. The molecule has 0 aliphatic heterocycles. The lowest BCUT2D eigenvalue weighted by atomic mass is 10.1. The molecule has 0 N–H and O–H groups in total. The van der Waals surface area contributed by atoms with Gasteiger partial charge in [0.05, 0.1) is 22.9 Å². The van der Waals surface area contributed by atoms with Gasteiger partial charge in [0.1, 0.15) is 5.01 Å². The molecule has 5 heteroatoms. The first-order chi connectivity index (χ1) is 10.2. The number of rotatable bonds is 2. The summed E-state index contributed by atoms with van der Waals surface area (Å²) in [6, 6.07) is 11.2. The number of aromatic nitrogens is 2. The molecule has 2 aromatic heterocycles. The summed E-state index contributed by atoms with van der Waals surface area (Å²) in [5.74, 6) is 0. The van der Waals surface area contributed by atoms with Crippen molar-refractivity contribution >= 4 is 11.3 Å². The van der Waals surface area contributed by atoms with Gasteiger partial charge in [0.15, 0.2) is 12.4 Å². The smallest absolute Gasteiger partial charge is 0.190 e. The molecule has 0 aliphatic carbocycles. The fraction of sp³-hybridized carbons (Fsp3) is 0.0625. The Morgan fingerprint density at radius 1 is 1.24 bits per heavy atom. The summed E-state index contributed by atoms with van der Waals surface area (Å²) in [6.07, 6.45) is 3.01. The fourth-order valence-electron chi connectivity index (χ4n) is 2.03. The first-order valence-electron chi connectivity index (χ1n) is 6.33. The molecule has 21 heavy (non-hydrogen) atoms. The highest BCUT2D eigenvalue weighted by Crippen LogP contribution is 2.29. The van der Waals surface area contributed by atoms with E-state index in [1.165, 1.54) is 23.7 Å². The molecule has 0 saturated heterocycles. The van der Waals surface area contributed by atoms with E-state index in [-0.39, 0.29) is 0 Å². The molecule has 4 nitrogen and oxygen atoms in total. The Hall–Kier alpha value is -2.71. The van der Waals surface area contributed by atoms with Gasteiger partial charge in [-0.2, -0.15) is 9.99 Å². The molecule has 3 aromatic rings. The summed E-state index contributed by atoms with van der Waals surface area (Å²) < 4.78 is 0.781. The van der Waals surface area contributed by atoms with Crippen molar-refractivity contribution in [1.82, 2.24) is 4.98 Å². The zero-order chi connectivity index (χ0) is 14.8. The summed E-state index contributed by atoms with van der Waals surface area (Å²) in [5, 5.41) is 23.0. The maximum atomic E-state index is 11.4. The molecule has 0 aliphatic rings. The van der Waals surface area contributed by atoms with Crippen molar-refractivity contribution in [1.29, 1.82) is 5.26 Å². The first-order valence-corrected chi connectivity index (χ1v) is 7.21. The number of nitrogens with zero attached hydrogens (tertiary/aromatic N) is 3. The Morgan fingerprint density at radius 3 is 2.71 bits per heavy atom. The lowest BCUT2D eigenvalue weighted by molar-refractivity contribution is -0.604. The molecule has 0 fully saturated rings. The van der Waals surface area contributed by atoms with Crippen LogP contribution in [0, 0.1) is 23.5 Å². The van der Waals surface area contributed by atoms with Gasteiger partial charge in [-0.25, -0.2) is 4.98 Å². The molecule has 0 spiro atoms. The number of benzene rings is 1. The summed E-state index contributed by atoms with van der Waals surface area (Å²) in [6.45, 7) is 1.95. The second-order valence-electron chi connectivity index (χ2n) is 4.63. The SMILES string of the molecule is Cc1cc[n+]([O-])cc1-c1csc(-c2ccc(C#N)cc2)n1. The second kappa shape index (κ2) is 5.35. The Labute approximate surface area is 126 Å². The number of aryl methyl sites for hydroxylation is 1. The molecule has 2 heterocycles. The van der Waals surface area contributed by atoms with E-state index in [0.29, 0.717) is 5.56 Å². The van der Waals surface area contributed by atoms with Crippen LogP contribution in [0.4, 0.5) is 0 Å². The second-order valence-corrected chi connectivity index (χ2v) is 5.49. The van der Waals surface area contributed by atoms with Crippen molar-refractivity contribution in [3.05, 3.63) is 64.4 Å². The normalized spacial score (nSPS) is 10.3. The molecule has 1 aromatic carbocycles. The number of thiazole rings is 1. The van der Waals surface area contributed by atoms with Crippen molar-refractivity contribution < 1.29 is 4.73 Å². The fourth-order valence-corrected chi connectivity index (χ4v) is 2.86. The molecule has 0 amide bonds. The van der Waals surface area contributed by atoms with Crippen molar-refractivity contribution in [2.24, 2.45) is 0 Å². The lowest BCUT2D eigenvalue weighted by Crippen LogP contribution is -2.24. The monoisotopic (exact) mass is 293 g/mol. The molecular formula is C16H11N3OS. The van der Waals surface area contributed by atoms with E-state index in [2.05, 4.69) is 11.1 Å². The summed E-state index contributed by atoms with van der Waals surface area (Å²) in [5.41, 5.74) is 4.24. The Balaban J connectivity index is 1.99. The summed E-state index contributed by atoms with van der Waals surface area (Å²) in [7, 11) is 0. The lowest BCUT2D eigenvalue weighted by Gasteiger charge is -2.02. The minimum atomic E-state index is 0.627. The Bertz CT molecular complexity index is 831. The van der Waals surface area contributed by atoms with E-state index in [0.717, 1.165) is 32.1 Å². The van der Waals surface area contributed by atoms with Gasteiger partial charge in [0, 0.05) is 17.0 Å². The van der Waals surface area contributed by atoms with Gasteiger partial charge in [0.2, 0.25) is 0 Å². The van der Waals surface area contributed by atoms with Gasteiger partial charge < -0.3 is 5.21 Å². The van der Waals surface area contributed by atoms with Crippen LogP contribution in [0.1, 0.15) is 11.1 Å². The number of hydrogen-bond donors (Lipinski definition) is 0. The van der Waals surface area contributed by atoms with E-state index in [9.17, 15) is 5.21 Å². The maximum Gasteiger partial charge on any atom is 0.190 e. The summed E-state index contributed by atoms with van der Waals surface area (Å²) in [4.78, 5) is 4.59. The average molecular weight is 293 g/mol. The largest absolute Gasteiger partial charge is 0.619 e. The van der Waals surface area contributed by atoms with E-state index in [4.69, 9.17) is 5.26 Å². The van der Waals surface area contributed by atoms with Crippen LogP contribution in [-0.2, 0) is 0 Å². The molecule has 0 unspecified atom stereocenters. The minimum absolute atomic E-state index is 0.627. The van der Waals surface area contributed by atoms with Crippen molar-refractivity contribution in [2.45, 2.75) is 6.92 Å². The highest BCUT2D eigenvalue weighted by atomic mass is 32.1. The molecule has 0 bridgehead atoms. The third-order valence-corrected chi connectivity index (χ3v) is 4.09. The van der Waals surface area contributed by atoms with Crippen LogP contribution in [0.2, 0.25) is 0 Å². The third kappa shape index (κ3) is 2.62. The molecule has 0 radical (unpaired) electrons. The quantitative estimate of drug-likeness (QED) is 0.538. The van der Waals surface area contributed by atoms with Gasteiger partial charge >= 0.3 is 0 Å². The van der Waals surface area contributed by atoms with Gasteiger partial charge in [-0.05, 0) is 24.6 Å². The van der Waals surface area contributed by atoms with Gasteiger partial charge in [-0.3, -0.25) is 0 Å². The van der Waals surface area contributed by atoms with Crippen LogP contribution in [-0.4, -0.2) is 4.98 Å². The molecule has 0 atom stereocenters. The topological polar surface area (TPSA) is 63.6 Å². The van der Waals surface area contributed by atoms with E-state index in [1.54, 1.807) is 18.2 Å². The first kappa shape index (κ1) is 13.3. The highest BCUT2D eigenvalue weighted by Gasteiger charge is 2.11. The molecular weight excluding hydrogens is 282 g/mol. The van der Waals surface area contributed by atoms with Crippen molar-refractivity contribution in [3.63, 3.8) is 0 Å². The average Bonchev–Trinajstić information content (AvgIpc) is 2.99. The van der Waals surface area contributed by atoms with Crippen LogP contribution < -0.4 is 4.73 Å². The van der Waals surface area contributed by atoms with E-state index in [1.807, 2.05) is 24.4 Å². The number of pyridine rings is 1. The Kier molecular flexibility index (Phi) is 3.38. The number of hydrogen-bond acceptors (Lipinski definition) is 4. The van der Waals surface area contributed by atoms with Gasteiger partial charge in [-0.1, -0.05) is 12.1 Å². The molecule has 0 saturated carbocycles. The minimum Gasteiger partial charge on any atom is -0.619 e. The van der Waals surface area contributed by atoms with Crippen LogP contribution in [0.3, 0.4) is 0 Å². The maximum absolute atomic E-state index is 11.4. The van der Waals surface area contributed by atoms with Crippen LogP contribution in [0.15, 0.2) is 48.1 Å². The van der Waals surface area contributed by atoms with Crippen molar-refractivity contribution in [2.75, 3.05) is 0 Å². The van der Waals surface area contributed by atoms with Gasteiger partial charge in [-0.15, -0.1) is 11.3 Å². The highest BCUT2D eigenvalue weighted by molar-refractivity contribution is 7.13. The van der Waals surface area contributed by atoms with Crippen LogP contribution in [0.5, 0.6) is 0 Å². The third-order valence-electron chi connectivity index (χ3n) is 3.19. The zero-order valence-electron chi connectivity index (χ0n) is 11.3. The molecule has 3 rings (SSSR count). The van der Waals surface area contributed by atoms with Crippen LogP contribution in [0.25, 0.3) is 21.8 Å². The Morgan fingerprint density at radius 2 is 2.00 bits per heavy atom. The standard InChI is InChI=1S/C16H11N3OS/c1-11-6-7-19(20)9-14(11)15-10-21-16(18-15)13-4-2-12(8-17)3-5-13/h2-7,9-10H,1H3. The predicted molar refractivity (Wildman–Crippen MR) is 81.4 cm³/mol. The van der Waals surface area contributed by atoms with E-state index < -0.39 is 0 Å².